The molecule has 6 aliphatic rings. The Morgan fingerprint density at radius 3 is 1.29 bits per heavy atom. The zero-order valence-corrected chi connectivity index (χ0v) is 47.8. The van der Waals surface area contributed by atoms with E-state index in [1.807, 2.05) is 86.6 Å². The molecule has 0 saturated carbocycles. The fourth-order valence-corrected chi connectivity index (χ4v) is 11.7. The van der Waals surface area contributed by atoms with Crippen LogP contribution in [0, 0.1) is 5.92 Å². The van der Waals surface area contributed by atoms with Crippen molar-refractivity contribution in [3.8, 4) is 0 Å². The minimum absolute atomic E-state index is 0.0959. The molecular formula is C47H68BCl3F6N6O11S3. The number of hydrogen-bond acceptors (Lipinski definition) is 20. The number of nitrogens with zero attached hydrogens (tertiary/aromatic N) is 6. The van der Waals surface area contributed by atoms with Gasteiger partial charge in [-0.15, -0.1) is 0 Å². The molecule has 17 nitrogen and oxygen atoms in total. The van der Waals surface area contributed by atoms with Gasteiger partial charge in [0.25, 0.3) is 19.3 Å². The quantitative estimate of drug-likeness (QED) is 0.111. The van der Waals surface area contributed by atoms with Crippen LogP contribution in [-0.4, -0.2) is 229 Å². The molecule has 3 fully saturated rings. The van der Waals surface area contributed by atoms with Crippen LogP contribution in [0.1, 0.15) is 33.2 Å². The van der Waals surface area contributed by atoms with E-state index in [-0.39, 0.29) is 24.7 Å². The maximum atomic E-state index is 14.2. The van der Waals surface area contributed by atoms with Gasteiger partial charge in [-0.25, -0.2) is 26.3 Å². The van der Waals surface area contributed by atoms with Crippen LogP contribution in [-0.2, 0) is 36.9 Å². The van der Waals surface area contributed by atoms with Gasteiger partial charge in [-0.2, -0.15) is 34.4 Å². The first kappa shape index (κ1) is 65.8. The summed E-state index contributed by atoms with van der Waals surface area (Å²) >= 11 is 18.2. The monoisotopic (exact) mass is 1220 g/mol. The highest BCUT2D eigenvalue weighted by atomic mass is 35.6. The fourth-order valence-electron chi connectivity index (χ4n) is 8.23. The van der Waals surface area contributed by atoms with Crippen LogP contribution < -0.4 is 0 Å². The second-order valence-corrected chi connectivity index (χ2v) is 23.4. The van der Waals surface area contributed by atoms with Crippen molar-refractivity contribution in [3.05, 3.63) is 71.8 Å². The predicted molar refractivity (Wildman–Crippen MR) is 291 cm³/mol. The third-order valence-electron chi connectivity index (χ3n) is 12.1. The molecule has 30 heteroatoms. The van der Waals surface area contributed by atoms with Gasteiger partial charge in [-0.3, -0.25) is 15.0 Å². The minimum atomic E-state index is -3.05. The molecule has 3 saturated heterocycles. The summed E-state index contributed by atoms with van der Waals surface area (Å²) in [7, 11) is 10.8. The van der Waals surface area contributed by atoms with E-state index in [4.69, 9.17) is 64.4 Å². The van der Waals surface area contributed by atoms with Gasteiger partial charge in [-0.05, 0) is 11.1 Å². The van der Waals surface area contributed by atoms with Crippen LogP contribution in [0.5, 0.6) is 0 Å². The smallest absolute Gasteiger partial charge is 0.388 e. The molecule has 1 unspecified atom stereocenters. The molecule has 6 heterocycles. The van der Waals surface area contributed by atoms with Gasteiger partial charge in [0, 0.05) is 49.6 Å². The van der Waals surface area contributed by atoms with Crippen molar-refractivity contribution in [2.75, 3.05) is 42.3 Å². The predicted octanol–water partition coefficient (Wildman–Crippen LogP) is 5.71. The lowest BCUT2D eigenvalue weighted by Gasteiger charge is -2.44. The Morgan fingerprint density at radius 2 is 0.935 bits per heavy atom. The van der Waals surface area contributed by atoms with Crippen LogP contribution >= 0.6 is 69.7 Å². The zero-order valence-electron chi connectivity index (χ0n) is 44.1. The number of benzene rings is 2. The number of thioether (sulfide) groups is 3. The fraction of sp³-hybridized carbons (Fsp3) is 0.681. The van der Waals surface area contributed by atoms with Gasteiger partial charge in [0.1, 0.15) is 89.4 Å². The average Bonchev–Trinajstić information content (AvgIpc) is 4.15. The number of amidine groups is 3. The number of aliphatic imine (C=N–C) groups is 3. The Kier molecular flexibility index (Phi) is 27.3. The second kappa shape index (κ2) is 32.0. The number of ether oxygens (including phenoxy) is 5. The summed E-state index contributed by atoms with van der Waals surface area (Å²) in [6, 6.07) is 17.5. The van der Waals surface area contributed by atoms with Crippen molar-refractivity contribution in [2.45, 2.75) is 155 Å². The minimum Gasteiger partial charge on any atom is -0.388 e. The highest BCUT2D eigenvalue weighted by Crippen LogP contribution is 2.44. The van der Waals surface area contributed by atoms with Gasteiger partial charge < -0.3 is 69.0 Å². The molecule has 0 aliphatic carbocycles. The molecule has 0 aromatic heterocycles. The molecule has 0 spiro atoms. The molecule has 0 amide bonds. The lowest BCUT2D eigenvalue weighted by atomic mass is 9.87. The summed E-state index contributed by atoms with van der Waals surface area (Å²) in [5.41, 5.74) is 0.0988. The Hall–Kier alpha value is -2.03. The van der Waals surface area contributed by atoms with Crippen molar-refractivity contribution in [1.29, 1.82) is 0 Å². The third-order valence-corrected chi connectivity index (χ3v) is 16.0. The van der Waals surface area contributed by atoms with Crippen LogP contribution in [0.25, 0.3) is 0 Å². The molecule has 0 radical (unpaired) electrons. The topological polar surface area (TPSA) is 214 Å². The van der Waals surface area contributed by atoms with E-state index in [0.29, 0.717) is 23.8 Å². The number of aliphatic hydroxyl groups is 6. The Labute approximate surface area is 474 Å². The van der Waals surface area contributed by atoms with Crippen molar-refractivity contribution in [3.63, 3.8) is 0 Å². The highest BCUT2D eigenvalue weighted by Gasteiger charge is 2.55. The van der Waals surface area contributed by atoms with Crippen molar-refractivity contribution in [2.24, 2.45) is 20.9 Å². The highest BCUT2D eigenvalue weighted by molar-refractivity contribution is 8.15. The molecule has 436 valence electrons. The maximum Gasteiger partial charge on any atom is 0.450 e. The van der Waals surface area contributed by atoms with E-state index in [0.717, 1.165) is 16.3 Å². The Morgan fingerprint density at radius 1 is 0.597 bits per heavy atom. The zero-order chi connectivity index (χ0) is 58.3. The van der Waals surface area contributed by atoms with E-state index in [1.165, 1.54) is 35.3 Å². The molecule has 2 aromatic carbocycles. The molecule has 8 rings (SSSR count). The number of halogens is 9. The summed E-state index contributed by atoms with van der Waals surface area (Å²) < 4.78 is 113. The summed E-state index contributed by atoms with van der Waals surface area (Å²) in [4.78, 5) is 17.7. The van der Waals surface area contributed by atoms with Crippen LogP contribution in [0.15, 0.2) is 75.6 Å². The second-order valence-electron chi connectivity index (χ2n) is 18.2. The lowest BCUT2D eigenvalue weighted by Crippen LogP contribution is -2.59. The van der Waals surface area contributed by atoms with Crippen LogP contribution in [0.3, 0.4) is 0 Å². The largest absolute Gasteiger partial charge is 0.450 e. The normalized spacial score (nSPS) is 32.3. The molecule has 18 atom stereocenters. The Balaban J connectivity index is 0.000000250. The van der Waals surface area contributed by atoms with E-state index < -0.39 is 114 Å². The summed E-state index contributed by atoms with van der Waals surface area (Å²) in [6.07, 6.45) is -24.6. The maximum absolute atomic E-state index is 14.2. The van der Waals surface area contributed by atoms with Gasteiger partial charge in [0.05, 0.1) is 25.4 Å². The SMILES string of the molecule is CN(C)C1=N[C@@H]2[C@@H](O)[C@H](O)[C@@H]([C@@H](O)C(F)F)O[C@@H]2S1.CN(C)C1=N[C@@H]2[C@@H](O)[C@H](O)[C@@H]([C@H](O)C(F)F)O[C@@H]2S1.C[C@H]1[C@H](OCc2ccccc2)[C@H]2N=C(N(C)C)S[C@H]2O[C@@H]1C(OCc1ccccc1)C(F)F.ClB(Cl)Cl.[2H]CC. The van der Waals surface area contributed by atoms with Crippen molar-refractivity contribution in [1.82, 2.24) is 14.7 Å². The molecule has 2 aromatic rings. The molecule has 77 heavy (non-hydrogen) atoms. The first-order valence-corrected chi connectivity index (χ1v) is 27.9. The average molecular weight is 1220 g/mol. The summed E-state index contributed by atoms with van der Waals surface area (Å²) in [6.45, 7) is 4.66. The van der Waals surface area contributed by atoms with E-state index in [1.54, 1.807) is 44.9 Å². The van der Waals surface area contributed by atoms with Crippen molar-refractivity contribution >= 4 is 90.1 Å². The standard InChI is InChI=1S/C25H30F2N2O3S.2C10H16F2N2O4S.C2H6.BCl3/c1-16-20(30-14-17-10-6-4-7-11-17)19-24(33-25(28-19)29(2)3)32-21(16)22(23(26)27)31-15-18-12-8-5-9-13-18;2*1-14(2)10-13-3-4(15)5(16)7(6(17)8(11)12)18-9(3)19-10;1-2;2-1(3)4/h4-13,16,19-24H,14-15H2,1-3H3;2*3-9,15-17H,1-2H3;1-2H3;/t16-,19+,20-,21-,22?,24+;3-,4-,5+,6+,7+,9-;3-,4-,5+,6-,7+,9-;;/m011../s1/i;;;1D;. The number of alkyl halides is 6. The molecule has 6 aliphatic heterocycles. The summed E-state index contributed by atoms with van der Waals surface area (Å²) in [5.74, 6) is -0.337. The molecule has 6 N–H and O–H groups in total. The Bertz CT molecular complexity index is 2120. The van der Waals surface area contributed by atoms with Gasteiger partial charge in [0.2, 0.25) is 0 Å². The first-order valence-electron chi connectivity index (χ1n) is 24.6. The molecular weight excluding hydrogens is 1150 g/mol. The van der Waals surface area contributed by atoms with Crippen LogP contribution in [0.4, 0.5) is 26.3 Å². The third kappa shape index (κ3) is 18.5. The van der Waals surface area contributed by atoms with Gasteiger partial charge in [0.15, 0.2) is 15.5 Å². The van der Waals surface area contributed by atoms with Crippen molar-refractivity contribution < 1.29 is 82.0 Å². The van der Waals surface area contributed by atoms with Gasteiger partial charge >= 0.3 is 4.96 Å². The number of aliphatic hydroxyl groups excluding tert-OH is 6. The van der Waals surface area contributed by atoms with E-state index in [2.05, 4.69) is 9.98 Å². The number of hydrogen-bond donors (Lipinski definition) is 6. The summed E-state index contributed by atoms with van der Waals surface area (Å²) in [5, 5.41) is 60.0. The lowest BCUT2D eigenvalue weighted by molar-refractivity contribution is -0.207. The van der Waals surface area contributed by atoms with Gasteiger partial charge in [-0.1, -0.05) is 117 Å². The number of rotatable bonds is 12. The first-order chi connectivity index (χ1) is 36.7. The molecule has 0 bridgehead atoms. The van der Waals surface area contributed by atoms with E-state index in [9.17, 15) is 57.0 Å². The van der Waals surface area contributed by atoms with E-state index >= 15 is 0 Å². The van der Waals surface area contributed by atoms with Crippen LogP contribution in [0.2, 0.25) is 0 Å². The number of fused-ring (bicyclic) bond motifs is 3.